The second kappa shape index (κ2) is 4.62. The molecule has 4 aliphatic rings. The average molecular weight is 296 g/mol. The lowest BCUT2D eigenvalue weighted by Crippen LogP contribution is -2.74. The summed E-state index contributed by atoms with van der Waals surface area (Å²) in [6.45, 7) is 9.55. The Kier molecular flexibility index (Phi) is 3.34. The van der Waals surface area contributed by atoms with Crippen LogP contribution in [0.25, 0.3) is 0 Å². The summed E-state index contributed by atoms with van der Waals surface area (Å²) < 4.78 is 23.6. The number of carbonyl (C=O) groups excluding carboxylic acids is 1. The van der Waals surface area contributed by atoms with Crippen LogP contribution in [0.2, 0.25) is 0 Å². The molecule has 0 aromatic carbocycles. The Labute approximate surface area is 125 Å². The normalized spacial score (nSPS) is 39.3. The molecule has 1 saturated heterocycles. The van der Waals surface area contributed by atoms with Gasteiger partial charge in [0.25, 0.3) is 0 Å². The first-order valence-electron chi connectivity index (χ1n) is 7.71. The average Bonchev–Trinajstić information content (AvgIpc) is 2.92. The van der Waals surface area contributed by atoms with E-state index >= 15 is 0 Å². The van der Waals surface area contributed by atoms with E-state index in [4.69, 9.17) is 18.9 Å². The molecule has 0 unspecified atom stereocenters. The monoisotopic (exact) mass is 296 g/mol. The molecule has 0 radical (unpaired) electrons. The quantitative estimate of drug-likeness (QED) is 0.587. The lowest BCUT2D eigenvalue weighted by atomic mass is 9.52. The van der Waals surface area contributed by atoms with E-state index < -0.39 is 22.4 Å². The third-order valence-electron chi connectivity index (χ3n) is 5.15. The van der Waals surface area contributed by atoms with Gasteiger partial charge in [-0.1, -0.05) is 19.1 Å². The molecule has 0 amide bonds. The summed E-state index contributed by atoms with van der Waals surface area (Å²) >= 11 is 0. The summed E-state index contributed by atoms with van der Waals surface area (Å²) in [5.41, 5.74) is -1.48. The van der Waals surface area contributed by atoms with E-state index in [9.17, 15) is 4.79 Å². The van der Waals surface area contributed by atoms with Gasteiger partial charge in [-0.3, -0.25) is 4.79 Å². The van der Waals surface area contributed by atoms with E-state index in [1.54, 1.807) is 0 Å². The van der Waals surface area contributed by atoms with Crippen molar-refractivity contribution < 1.29 is 23.7 Å². The van der Waals surface area contributed by atoms with Crippen molar-refractivity contribution in [1.29, 1.82) is 0 Å². The van der Waals surface area contributed by atoms with Gasteiger partial charge in [0.2, 0.25) is 11.6 Å². The molecule has 3 aliphatic carbocycles. The molecule has 2 bridgehead atoms. The minimum absolute atomic E-state index is 0.0920. The molecular weight excluding hydrogens is 272 g/mol. The van der Waals surface area contributed by atoms with E-state index in [1.807, 2.05) is 39.8 Å². The fraction of sp³-hybridized carbons (Fsp3) is 0.812. The second-order valence-corrected chi connectivity index (χ2v) is 6.39. The van der Waals surface area contributed by atoms with Crippen LogP contribution in [0.4, 0.5) is 0 Å². The lowest BCUT2D eigenvalue weighted by Gasteiger charge is -2.61. The molecule has 1 saturated carbocycles. The van der Waals surface area contributed by atoms with Crippen LogP contribution in [0.15, 0.2) is 12.2 Å². The van der Waals surface area contributed by atoms with Crippen LogP contribution in [0.1, 0.15) is 34.1 Å². The number of ketones is 1. The lowest BCUT2D eigenvalue weighted by molar-refractivity contribution is -0.340. The van der Waals surface area contributed by atoms with Crippen LogP contribution < -0.4 is 0 Å². The first kappa shape index (κ1) is 15.2. The molecule has 1 spiro atoms. The highest BCUT2D eigenvalue weighted by Gasteiger charge is 2.75. The Morgan fingerprint density at radius 2 is 1.67 bits per heavy atom. The van der Waals surface area contributed by atoms with Crippen molar-refractivity contribution in [3.8, 4) is 0 Å². The number of carbonyl (C=O) groups is 1. The van der Waals surface area contributed by atoms with Crippen molar-refractivity contribution in [2.75, 3.05) is 26.4 Å². The predicted molar refractivity (Wildman–Crippen MR) is 75.6 cm³/mol. The van der Waals surface area contributed by atoms with Crippen molar-refractivity contribution in [2.45, 2.75) is 45.7 Å². The van der Waals surface area contributed by atoms with E-state index in [-0.39, 0.29) is 5.78 Å². The Morgan fingerprint density at radius 3 is 2.19 bits per heavy atom. The van der Waals surface area contributed by atoms with Gasteiger partial charge in [0.05, 0.1) is 18.6 Å². The van der Waals surface area contributed by atoms with E-state index in [0.717, 1.165) is 0 Å². The fourth-order valence-corrected chi connectivity index (χ4v) is 4.06. The molecular formula is C16H24O5. The zero-order valence-corrected chi connectivity index (χ0v) is 13.2. The zero-order chi connectivity index (χ0) is 15.4. The number of Topliss-reactive ketones (excluding diaryl/α,β-unsaturated/α-hetero) is 1. The second-order valence-electron chi connectivity index (χ2n) is 6.39. The number of hydrogen-bond acceptors (Lipinski definition) is 5. The summed E-state index contributed by atoms with van der Waals surface area (Å²) in [6.07, 6.45) is 4.50. The van der Waals surface area contributed by atoms with Gasteiger partial charge in [-0.15, -0.1) is 0 Å². The molecule has 5 nitrogen and oxygen atoms in total. The standard InChI is InChI=1S/C16H24O5/c1-5-18-15(19-6-2)11-13(3)7-8-14(15,4)12(17)16(13)20-9-10-21-16/h7-8H,5-6,9-11H2,1-4H3/t13-,14-/m0/s1. The highest BCUT2D eigenvalue weighted by Crippen LogP contribution is 2.63. The van der Waals surface area contributed by atoms with Gasteiger partial charge >= 0.3 is 0 Å². The van der Waals surface area contributed by atoms with Crippen molar-refractivity contribution in [1.82, 2.24) is 0 Å². The molecule has 1 heterocycles. The Hall–Kier alpha value is -0.750. The van der Waals surface area contributed by atoms with Gasteiger partial charge in [-0.05, 0) is 20.8 Å². The van der Waals surface area contributed by atoms with Crippen LogP contribution in [-0.4, -0.2) is 43.8 Å². The maximum atomic E-state index is 13.2. The van der Waals surface area contributed by atoms with Gasteiger partial charge in [-0.25, -0.2) is 0 Å². The highest BCUT2D eigenvalue weighted by molar-refractivity contribution is 5.97. The molecule has 2 atom stereocenters. The van der Waals surface area contributed by atoms with Crippen LogP contribution in [0.5, 0.6) is 0 Å². The Balaban J connectivity index is 2.13. The summed E-state index contributed by atoms with van der Waals surface area (Å²) in [6, 6.07) is 0. The molecule has 4 rings (SSSR count). The van der Waals surface area contributed by atoms with Crippen LogP contribution in [0.3, 0.4) is 0 Å². The maximum Gasteiger partial charge on any atom is 0.239 e. The Morgan fingerprint density at radius 1 is 1.10 bits per heavy atom. The summed E-state index contributed by atoms with van der Waals surface area (Å²) in [4.78, 5) is 13.2. The minimum Gasteiger partial charge on any atom is -0.349 e. The molecule has 21 heavy (non-hydrogen) atoms. The van der Waals surface area contributed by atoms with Crippen LogP contribution in [0, 0.1) is 10.8 Å². The SMILES string of the molecule is CCOC1(OCC)C[C@]2(C)C=C[C@@]1(C)C(=O)C21OCCO1. The third-order valence-corrected chi connectivity index (χ3v) is 5.15. The summed E-state index contributed by atoms with van der Waals surface area (Å²) in [5.74, 6) is -2.23. The molecule has 0 aromatic heterocycles. The van der Waals surface area contributed by atoms with E-state index in [2.05, 4.69) is 0 Å². The largest absolute Gasteiger partial charge is 0.349 e. The van der Waals surface area contributed by atoms with Crippen molar-refractivity contribution >= 4 is 5.78 Å². The fourth-order valence-electron chi connectivity index (χ4n) is 4.06. The number of fused-ring (bicyclic) bond motifs is 1. The number of hydrogen-bond donors (Lipinski definition) is 0. The van der Waals surface area contributed by atoms with Gasteiger partial charge in [0, 0.05) is 19.6 Å². The maximum absolute atomic E-state index is 13.2. The minimum atomic E-state index is -1.19. The third kappa shape index (κ3) is 1.63. The van der Waals surface area contributed by atoms with Crippen molar-refractivity contribution in [3.05, 3.63) is 12.2 Å². The molecule has 0 aromatic rings. The van der Waals surface area contributed by atoms with E-state index in [0.29, 0.717) is 32.8 Å². The molecule has 1 aliphatic heterocycles. The first-order valence-corrected chi connectivity index (χ1v) is 7.71. The Bertz CT molecular complexity index is 473. The molecule has 118 valence electrons. The van der Waals surface area contributed by atoms with Gasteiger partial charge in [-0.2, -0.15) is 0 Å². The molecule has 5 heteroatoms. The number of rotatable bonds is 4. The topological polar surface area (TPSA) is 54.0 Å². The highest BCUT2D eigenvalue weighted by atomic mass is 16.7. The number of ether oxygens (including phenoxy) is 4. The summed E-state index contributed by atoms with van der Waals surface area (Å²) in [7, 11) is 0. The van der Waals surface area contributed by atoms with Gasteiger partial charge in [0.15, 0.2) is 5.79 Å². The molecule has 0 N–H and O–H groups in total. The first-order chi connectivity index (χ1) is 9.90. The van der Waals surface area contributed by atoms with E-state index in [1.165, 1.54) is 0 Å². The zero-order valence-electron chi connectivity index (χ0n) is 13.2. The van der Waals surface area contributed by atoms with Gasteiger partial charge in [0.1, 0.15) is 5.41 Å². The van der Waals surface area contributed by atoms with Crippen LogP contribution >= 0.6 is 0 Å². The van der Waals surface area contributed by atoms with Gasteiger partial charge < -0.3 is 18.9 Å². The van der Waals surface area contributed by atoms with Crippen molar-refractivity contribution in [2.24, 2.45) is 10.8 Å². The smallest absolute Gasteiger partial charge is 0.239 e. The molecule has 2 fully saturated rings. The summed E-state index contributed by atoms with van der Waals surface area (Å²) in [5, 5.41) is 0. The predicted octanol–water partition coefficient (Wildman–Crippen LogP) is 2.05. The van der Waals surface area contributed by atoms with Crippen LogP contribution in [-0.2, 0) is 23.7 Å². The van der Waals surface area contributed by atoms with Crippen molar-refractivity contribution in [3.63, 3.8) is 0 Å².